The van der Waals surface area contributed by atoms with Crippen molar-refractivity contribution in [3.8, 4) is 0 Å². The van der Waals surface area contributed by atoms with Crippen LogP contribution in [-0.2, 0) is 12.7 Å². The van der Waals surface area contributed by atoms with Crippen LogP contribution in [0.5, 0.6) is 0 Å². The van der Waals surface area contributed by atoms with Crippen LogP contribution in [0.15, 0.2) is 36.5 Å². The smallest absolute Gasteiger partial charge is 0.360 e. The molecule has 0 saturated heterocycles. The monoisotopic (exact) mass is 315 g/mol. The maximum absolute atomic E-state index is 13.4. The third-order valence-corrected chi connectivity index (χ3v) is 2.80. The molecule has 0 saturated carbocycles. The molecule has 0 aliphatic heterocycles. The summed E-state index contributed by atoms with van der Waals surface area (Å²) in [5.74, 6) is -0.897. The number of halogens is 4. The molecular formula is C13H9F4N3O2. The van der Waals surface area contributed by atoms with E-state index in [1.807, 2.05) is 0 Å². The van der Waals surface area contributed by atoms with Gasteiger partial charge >= 0.3 is 11.9 Å². The molecule has 2 aromatic rings. The largest absolute Gasteiger partial charge is 0.418 e. The minimum Gasteiger partial charge on any atom is -0.360 e. The first kappa shape index (κ1) is 15.7. The maximum atomic E-state index is 13.4. The highest BCUT2D eigenvalue weighted by Gasteiger charge is 2.33. The molecule has 0 unspecified atom stereocenters. The molecule has 5 nitrogen and oxygen atoms in total. The van der Waals surface area contributed by atoms with E-state index in [0.29, 0.717) is 12.3 Å². The van der Waals surface area contributed by atoms with Gasteiger partial charge in [-0.05, 0) is 6.07 Å². The Bertz CT molecular complexity index is 704. The van der Waals surface area contributed by atoms with E-state index in [1.54, 1.807) is 6.07 Å². The molecule has 0 aliphatic carbocycles. The number of nitrogens with one attached hydrogen (secondary N) is 1. The summed E-state index contributed by atoms with van der Waals surface area (Å²) in [7, 11) is 0. The van der Waals surface area contributed by atoms with E-state index in [0.717, 1.165) is 0 Å². The van der Waals surface area contributed by atoms with Crippen LogP contribution < -0.4 is 5.32 Å². The van der Waals surface area contributed by atoms with Crippen LogP contribution in [0.3, 0.4) is 0 Å². The molecule has 116 valence electrons. The minimum absolute atomic E-state index is 0.147. The summed E-state index contributed by atoms with van der Waals surface area (Å²) < 4.78 is 51.0. The van der Waals surface area contributed by atoms with Crippen LogP contribution >= 0.6 is 0 Å². The van der Waals surface area contributed by atoms with Gasteiger partial charge < -0.3 is 5.32 Å². The van der Waals surface area contributed by atoms with Crippen LogP contribution in [0.1, 0.15) is 11.1 Å². The molecular weight excluding hydrogens is 306 g/mol. The highest BCUT2D eigenvalue weighted by molar-refractivity contribution is 5.57. The molecule has 22 heavy (non-hydrogen) atoms. The lowest BCUT2D eigenvalue weighted by Gasteiger charge is -2.10. The van der Waals surface area contributed by atoms with Crippen molar-refractivity contribution in [3.63, 3.8) is 0 Å². The molecule has 0 bridgehead atoms. The third kappa shape index (κ3) is 3.48. The van der Waals surface area contributed by atoms with Gasteiger partial charge in [0.2, 0.25) is 5.82 Å². The summed E-state index contributed by atoms with van der Waals surface area (Å²) in [5.41, 5.74) is -1.85. The van der Waals surface area contributed by atoms with Gasteiger partial charge in [0, 0.05) is 24.4 Å². The fourth-order valence-electron chi connectivity index (χ4n) is 1.70. The standard InChI is InChI=1S/C13H9F4N3O2/c14-10-4-2-1-3-8(10)6-18-12-11(20(21)22)5-9(7-19-12)13(15,16)17/h1-5,7H,6H2,(H,18,19). The van der Waals surface area contributed by atoms with E-state index in [4.69, 9.17) is 0 Å². The van der Waals surface area contributed by atoms with Gasteiger partial charge in [0.1, 0.15) is 5.82 Å². The number of nitrogens with zero attached hydrogens (tertiary/aromatic N) is 2. The molecule has 1 aromatic carbocycles. The van der Waals surface area contributed by atoms with Crippen LogP contribution in [0.4, 0.5) is 29.1 Å². The predicted octanol–water partition coefficient (Wildman–Crippen LogP) is 3.76. The Morgan fingerprint density at radius 3 is 2.55 bits per heavy atom. The molecule has 0 amide bonds. The van der Waals surface area contributed by atoms with E-state index >= 15 is 0 Å². The van der Waals surface area contributed by atoms with Crippen molar-refractivity contribution in [2.24, 2.45) is 0 Å². The van der Waals surface area contributed by atoms with Crippen molar-refractivity contribution in [2.45, 2.75) is 12.7 Å². The molecule has 0 aliphatic rings. The number of hydrogen-bond acceptors (Lipinski definition) is 4. The first-order chi connectivity index (χ1) is 10.3. The normalized spacial score (nSPS) is 11.3. The third-order valence-electron chi connectivity index (χ3n) is 2.80. The lowest BCUT2D eigenvalue weighted by molar-refractivity contribution is -0.384. The van der Waals surface area contributed by atoms with E-state index in [2.05, 4.69) is 10.3 Å². The lowest BCUT2D eigenvalue weighted by Crippen LogP contribution is -2.10. The highest BCUT2D eigenvalue weighted by Crippen LogP contribution is 2.33. The summed E-state index contributed by atoms with van der Waals surface area (Å²) in [6.45, 7) is -0.147. The molecule has 0 spiro atoms. The minimum atomic E-state index is -4.73. The molecule has 0 fully saturated rings. The van der Waals surface area contributed by atoms with Gasteiger partial charge in [0.25, 0.3) is 0 Å². The maximum Gasteiger partial charge on any atom is 0.418 e. The first-order valence-corrected chi connectivity index (χ1v) is 5.98. The number of benzene rings is 1. The Labute approximate surface area is 121 Å². The van der Waals surface area contributed by atoms with E-state index in [-0.39, 0.29) is 17.9 Å². The second-order valence-corrected chi connectivity index (χ2v) is 4.29. The summed E-state index contributed by atoms with van der Waals surface area (Å²) in [4.78, 5) is 13.3. The molecule has 0 radical (unpaired) electrons. The Hall–Kier alpha value is -2.71. The van der Waals surface area contributed by atoms with Gasteiger partial charge in [0.15, 0.2) is 0 Å². The Morgan fingerprint density at radius 2 is 1.95 bits per heavy atom. The van der Waals surface area contributed by atoms with Crippen LogP contribution in [0.25, 0.3) is 0 Å². The fourth-order valence-corrected chi connectivity index (χ4v) is 1.70. The second-order valence-electron chi connectivity index (χ2n) is 4.29. The Morgan fingerprint density at radius 1 is 1.27 bits per heavy atom. The number of aromatic nitrogens is 1. The highest BCUT2D eigenvalue weighted by atomic mass is 19.4. The van der Waals surface area contributed by atoms with Crippen molar-refractivity contribution in [2.75, 3.05) is 5.32 Å². The zero-order valence-electron chi connectivity index (χ0n) is 10.9. The average molecular weight is 315 g/mol. The van der Waals surface area contributed by atoms with Crippen molar-refractivity contribution < 1.29 is 22.5 Å². The molecule has 1 heterocycles. The molecule has 0 atom stereocenters. The number of nitro groups is 1. The SMILES string of the molecule is O=[N+]([O-])c1cc(C(F)(F)F)cnc1NCc1ccccc1F. The van der Waals surface area contributed by atoms with Crippen LogP contribution in [0.2, 0.25) is 0 Å². The van der Waals surface area contributed by atoms with E-state index in [9.17, 15) is 27.7 Å². The average Bonchev–Trinajstić information content (AvgIpc) is 2.45. The van der Waals surface area contributed by atoms with Gasteiger partial charge in [-0.2, -0.15) is 13.2 Å². The summed E-state index contributed by atoms with van der Waals surface area (Å²) in [6.07, 6.45) is -4.25. The lowest BCUT2D eigenvalue weighted by atomic mass is 10.2. The van der Waals surface area contributed by atoms with Crippen molar-refractivity contribution in [1.29, 1.82) is 0 Å². The van der Waals surface area contributed by atoms with Gasteiger partial charge in [-0.15, -0.1) is 0 Å². The molecule has 1 N–H and O–H groups in total. The zero-order valence-corrected chi connectivity index (χ0v) is 10.9. The van der Waals surface area contributed by atoms with E-state index in [1.165, 1.54) is 18.2 Å². The Balaban J connectivity index is 2.27. The van der Waals surface area contributed by atoms with Gasteiger partial charge in [0.05, 0.1) is 10.5 Å². The molecule has 2 rings (SSSR count). The number of anilines is 1. The predicted molar refractivity (Wildman–Crippen MR) is 69.6 cm³/mol. The van der Waals surface area contributed by atoms with Gasteiger partial charge in [-0.3, -0.25) is 10.1 Å². The summed E-state index contributed by atoms with van der Waals surface area (Å²) in [5, 5.41) is 13.3. The van der Waals surface area contributed by atoms with Crippen molar-refractivity contribution >= 4 is 11.5 Å². The van der Waals surface area contributed by atoms with Gasteiger partial charge in [-0.1, -0.05) is 18.2 Å². The topological polar surface area (TPSA) is 68.1 Å². The number of rotatable bonds is 4. The van der Waals surface area contributed by atoms with Crippen LogP contribution in [-0.4, -0.2) is 9.91 Å². The molecule has 9 heteroatoms. The summed E-state index contributed by atoms with van der Waals surface area (Å²) >= 11 is 0. The Kier molecular flexibility index (Phi) is 4.25. The number of hydrogen-bond donors (Lipinski definition) is 1. The fraction of sp³-hybridized carbons (Fsp3) is 0.154. The summed E-state index contributed by atoms with van der Waals surface area (Å²) in [6, 6.07) is 6.06. The first-order valence-electron chi connectivity index (χ1n) is 5.98. The second kappa shape index (κ2) is 5.96. The number of alkyl halides is 3. The van der Waals surface area contributed by atoms with Crippen molar-refractivity contribution in [3.05, 3.63) is 63.6 Å². The van der Waals surface area contributed by atoms with E-state index < -0.39 is 28.2 Å². The quantitative estimate of drug-likeness (QED) is 0.530. The van der Waals surface area contributed by atoms with Crippen LogP contribution in [0, 0.1) is 15.9 Å². The van der Waals surface area contributed by atoms with Gasteiger partial charge in [-0.25, -0.2) is 9.37 Å². The van der Waals surface area contributed by atoms with Crippen molar-refractivity contribution in [1.82, 2.24) is 4.98 Å². The zero-order chi connectivity index (χ0) is 16.3. The number of pyridine rings is 1. The molecule has 1 aromatic heterocycles.